The first kappa shape index (κ1) is 15.1. The third-order valence-corrected chi connectivity index (χ3v) is 4.06. The van der Waals surface area contributed by atoms with E-state index in [1.807, 2.05) is 41.2 Å². The van der Waals surface area contributed by atoms with Gasteiger partial charge in [0.1, 0.15) is 5.78 Å². The molecule has 1 aromatic carbocycles. The quantitative estimate of drug-likeness (QED) is 0.756. The van der Waals surface area contributed by atoms with Crippen LogP contribution >= 0.6 is 23.4 Å². The number of hydrogen-bond acceptors (Lipinski definition) is 3. The van der Waals surface area contributed by atoms with Gasteiger partial charge in [-0.25, -0.2) is 0 Å². The Labute approximate surface area is 128 Å². The highest BCUT2D eigenvalue weighted by Gasteiger charge is 2.08. The van der Waals surface area contributed by atoms with Gasteiger partial charge in [0.2, 0.25) is 0 Å². The standard InChI is InChI=1S/C15H17ClN2OS/c1-11(2)18-7-6-13(17-18)9-14(19)10-20-15-5-3-4-12(16)8-15/h3-8,11H,9-10H2,1-2H3. The second-order valence-corrected chi connectivity index (χ2v) is 6.33. The Hall–Kier alpha value is -1.26. The van der Waals surface area contributed by atoms with Crippen molar-refractivity contribution in [3.05, 3.63) is 47.2 Å². The molecule has 106 valence electrons. The molecule has 0 saturated carbocycles. The molecule has 0 atom stereocenters. The zero-order valence-corrected chi connectivity index (χ0v) is 13.1. The van der Waals surface area contributed by atoms with Crippen molar-refractivity contribution in [3.63, 3.8) is 0 Å². The van der Waals surface area contributed by atoms with Gasteiger partial charge in [-0.15, -0.1) is 11.8 Å². The van der Waals surface area contributed by atoms with E-state index in [4.69, 9.17) is 11.6 Å². The molecule has 0 bridgehead atoms. The number of aromatic nitrogens is 2. The van der Waals surface area contributed by atoms with Gasteiger partial charge < -0.3 is 0 Å². The van der Waals surface area contributed by atoms with E-state index in [-0.39, 0.29) is 5.78 Å². The fraction of sp³-hybridized carbons (Fsp3) is 0.333. The molecular formula is C15H17ClN2OS. The van der Waals surface area contributed by atoms with Crippen molar-refractivity contribution in [1.29, 1.82) is 0 Å². The third-order valence-electron chi connectivity index (χ3n) is 2.77. The van der Waals surface area contributed by atoms with Crippen LogP contribution in [-0.2, 0) is 11.2 Å². The molecule has 2 rings (SSSR count). The summed E-state index contributed by atoms with van der Waals surface area (Å²) < 4.78 is 1.87. The lowest BCUT2D eigenvalue weighted by Gasteiger charge is -2.04. The van der Waals surface area contributed by atoms with Gasteiger partial charge in [-0.3, -0.25) is 9.48 Å². The normalized spacial score (nSPS) is 11.0. The highest BCUT2D eigenvalue weighted by Crippen LogP contribution is 2.21. The minimum Gasteiger partial charge on any atom is -0.298 e. The summed E-state index contributed by atoms with van der Waals surface area (Å²) in [7, 11) is 0. The second-order valence-electron chi connectivity index (χ2n) is 4.84. The highest BCUT2D eigenvalue weighted by atomic mass is 35.5. The van der Waals surface area contributed by atoms with Gasteiger partial charge in [0.25, 0.3) is 0 Å². The number of nitrogens with zero attached hydrogens (tertiary/aromatic N) is 2. The van der Waals surface area contributed by atoms with Crippen molar-refractivity contribution in [1.82, 2.24) is 9.78 Å². The van der Waals surface area contributed by atoms with Gasteiger partial charge in [0, 0.05) is 22.2 Å². The zero-order chi connectivity index (χ0) is 14.5. The zero-order valence-electron chi connectivity index (χ0n) is 11.5. The van der Waals surface area contributed by atoms with E-state index in [1.54, 1.807) is 0 Å². The predicted octanol–water partition coefficient (Wildman–Crippen LogP) is 4.02. The van der Waals surface area contributed by atoms with E-state index in [0.717, 1.165) is 10.6 Å². The summed E-state index contributed by atoms with van der Waals surface area (Å²) in [5, 5.41) is 5.08. The molecule has 0 saturated heterocycles. The summed E-state index contributed by atoms with van der Waals surface area (Å²) in [4.78, 5) is 13.0. The molecule has 0 unspecified atom stereocenters. The molecule has 1 aromatic heterocycles. The minimum absolute atomic E-state index is 0.170. The Morgan fingerprint density at radius 1 is 1.40 bits per heavy atom. The molecule has 5 heteroatoms. The SMILES string of the molecule is CC(C)n1ccc(CC(=O)CSc2cccc(Cl)c2)n1. The molecule has 2 aromatic rings. The summed E-state index contributed by atoms with van der Waals surface area (Å²) in [6.45, 7) is 4.13. The average molecular weight is 309 g/mol. The molecule has 1 heterocycles. The number of Topliss-reactive ketones (excluding diaryl/α,β-unsaturated/α-hetero) is 1. The van der Waals surface area contributed by atoms with Crippen LogP contribution < -0.4 is 0 Å². The molecule has 0 N–H and O–H groups in total. The number of carbonyl (C=O) groups excluding carboxylic acids is 1. The van der Waals surface area contributed by atoms with E-state index < -0.39 is 0 Å². The van der Waals surface area contributed by atoms with E-state index in [2.05, 4.69) is 18.9 Å². The van der Waals surface area contributed by atoms with E-state index in [1.165, 1.54) is 11.8 Å². The van der Waals surface area contributed by atoms with E-state index in [0.29, 0.717) is 23.2 Å². The number of rotatable bonds is 6. The maximum atomic E-state index is 11.9. The van der Waals surface area contributed by atoms with Crippen molar-refractivity contribution < 1.29 is 4.79 Å². The monoisotopic (exact) mass is 308 g/mol. The van der Waals surface area contributed by atoms with Gasteiger partial charge in [-0.05, 0) is 38.1 Å². The summed E-state index contributed by atoms with van der Waals surface area (Å²) >= 11 is 7.42. The first-order valence-electron chi connectivity index (χ1n) is 6.48. The summed E-state index contributed by atoms with van der Waals surface area (Å²) in [6.07, 6.45) is 2.30. The molecule has 0 amide bonds. The number of thioether (sulfide) groups is 1. The molecule has 0 aliphatic carbocycles. The Bertz CT molecular complexity index is 595. The largest absolute Gasteiger partial charge is 0.298 e. The number of carbonyl (C=O) groups is 1. The van der Waals surface area contributed by atoms with Gasteiger partial charge in [-0.1, -0.05) is 17.7 Å². The summed E-state index contributed by atoms with van der Waals surface area (Å²) in [6, 6.07) is 9.76. The minimum atomic E-state index is 0.170. The van der Waals surface area contributed by atoms with Crippen LogP contribution in [0.5, 0.6) is 0 Å². The Balaban J connectivity index is 1.86. The fourth-order valence-corrected chi connectivity index (χ4v) is 2.80. The van der Waals surface area contributed by atoms with Gasteiger partial charge >= 0.3 is 0 Å². The first-order chi connectivity index (χ1) is 9.54. The predicted molar refractivity (Wildman–Crippen MR) is 83.5 cm³/mol. The Kier molecular flexibility index (Phi) is 5.26. The lowest BCUT2D eigenvalue weighted by molar-refractivity contribution is -0.116. The van der Waals surface area contributed by atoms with Gasteiger partial charge in [0.15, 0.2) is 0 Å². The van der Waals surface area contributed by atoms with Crippen molar-refractivity contribution in [2.24, 2.45) is 0 Å². The van der Waals surface area contributed by atoms with Crippen LogP contribution in [0, 0.1) is 0 Å². The van der Waals surface area contributed by atoms with Crippen molar-refractivity contribution in [3.8, 4) is 0 Å². The topological polar surface area (TPSA) is 34.9 Å². The number of benzene rings is 1. The lowest BCUT2D eigenvalue weighted by atomic mass is 10.2. The Morgan fingerprint density at radius 2 is 2.20 bits per heavy atom. The number of hydrogen-bond donors (Lipinski definition) is 0. The summed E-state index contributed by atoms with van der Waals surface area (Å²) in [5.74, 6) is 0.610. The van der Waals surface area contributed by atoms with Gasteiger partial charge in [0.05, 0.1) is 17.9 Å². The molecule has 3 nitrogen and oxygen atoms in total. The molecule has 0 aliphatic heterocycles. The van der Waals surface area contributed by atoms with Crippen LogP contribution in [0.2, 0.25) is 5.02 Å². The van der Waals surface area contributed by atoms with E-state index in [9.17, 15) is 4.79 Å². The maximum Gasteiger partial charge on any atom is 0.149 e. The van der Waals surface area contributed by atoms with Crippen LogP contribution in [-0.4, -0.2) is 21.3 Å². The van der Waals surface area contributed by atoms with Crippen molar-refractivity contribution >= 4 is 29.1 Å². The van der Waals surface area contributed by atoms with E-state index >= 15 is 0 Å². The molecule has 20 heavy (non-hydrogen) atoms. The van der Waals surface area contributed by atoms with Crippen LogP contribution in [0.25, 0.3) is 0 Å². The van der Waals surface area contributed by atoms with Gasteiger partial charge in [-0.2, -0.15) is 5.10 Å². The lowest BCUT2D eigenvalue weighted by Crippen LogP contribution is -2.08. The maximum absolute atomic E-state index is 11.9. The molecule has 0 fully saturated rings. The highest BCUT2D eigenvalue weighted by molar-refractivity contribution is 8.00. The number of halogens is 1. The fourth-order valence-electron chi connectivity index (χ4n) is 1.73. The van der Waals surface area contributed by atoms with Crippen LogP contribution in [0.15, 0.2) is 41.4 Å². The van der Waals surface area contributed by atoms with Crippen LogP contribution in [0.1, 0.15) is 25.6 Å². The van der Waals surface area contributed by atoms with Crippen LogP contribution in [0.3, 0.4) is 0 Å². The van der Waals surface area contributed by atoms with Crippen LogP contribution in [0.4, 0.5) is 0 Å². The number of ketones is 1. The Morgan fingerprint density at radius 3 is 2.85 bits per heavy atom. The smallest absolute Gasteiger partial charge is 0.149 e. The third kappa shape index (κ3) is 4.39. The average Bonchev–Trinajstić information content (AvgIpc) is 2.85. The second kappa shape index (κ2) is 6.95. The molecule has 0 aliphatic rings. The summed E-state index contributed by atoms with van der Waals surface area (Å²) in [5.41, 5.74) is 0.829. The molecule has 0 radical (unpaired) electrons. The molecular weight excluding hydrogens is 292 g/mol. The van der Waals surface area contributed by atoms with Crippen molar-refractivity contribution in [2.75, 3.05) is 5.75 Å². The van der Waals surface area contributed by atoms with Crippen molar-refractivity contribution in [2.45, 2.75) is 31.2 Å². The first-order valence-corrected chi connectivity index (χ1v) is 7.85. The molecule has 0 spiro atoms.